The number of carboxylic acids is 1. The van der Waals surface area contributed by atoms with E-state index >= 15 is 0 Å². The van der Waals surface area contributed by atoms with Gasteiger partial charge in [0.15, 0.2) is 5.96 Å². The van der Waals surface area contributed by atoms with Crippen molar-refractivity contribution >= 4 is 35.6 Å². The van der Waals surface area contributed by atoms with Gasteiger partial charge in [-0.25, -0.2) is 4.79 Å². The van der Waals surface area contributed by atoms with E-state index < -0.39 is 47.9 Å². The van der Waals surface area contributed by atoms with E-state index in [1.165, 1.54) is 20.8 Å². The normalized spacial score (nSPS) is 14.0. The van der Waals surface area contributed by atoms with Gasteiger partial charge in [-0.1, -0.05) is 0 Å². The lowest BCUT2D eigenvalue weighted by Crippen LogP contribution is -2.56. The molecule has 4 atom stereocenters. The maximum Gasteiger partial charge on any atom is 0.326 e. The zero-order valence-electron chi connectivity index (χ0n) is 19.9. The Bertz CT molecular complexity index is 739. The molecule has 0 aromatic carbocycles. The van der Waals surface area contributed by atoms with Crippen LogP contribution in [0.1, 0.15) is 52.9 Å². The van der Waals surface area contributed by atoms with Gasteiger partial charge >= 0.3 is 5.97 Å². The fourth-order valence-electron chi connectivity index (χ4n) is 2.75. The molecular formula is C20H38N8O6. The zero-order valence-corrected chi connectivity index (χ0v) is 19.9. The number of guanidine groups is 1. The summed E-state index contributed by atoms with van der Waals surface area (Å²) in [4.78, 5) is 63.4. The molecule has 0 saturated carbocycles. The van der Waals surface area contributed by atoms with E-state index in [4.69, 9.17) is 17.2 Å². The molecule has 0 aromatic heterocycles. The predicted molar refractivity (Wildman–Crippen MR) is 125 cm³/mol. The number of aliphatic carboxylic acids is 1. The van der Waals surface area contributed by atoms with Crippen LogP contribution in [-0.2, 0) is 24.0 Å². The van der Waals surface area contributed by atoms with Crippen LogP contribution in [0.15, 0.2) is 4.99 Å². The van der Waals surface area contributed by atoms with Crippen LogP contribution in [0.4, 0.5) is 0 Å². The van der Waals surface area contributed by atoms with E-state index in [0.29, 0.717) is 25.8 Å². The molecule has 0 aliphatic carbocycles. The number of rotatable bonds is 16. The minimum absolute atomic E-state index is 0.122. The molecule has 14 heteroatoms. The number of nitrogens with zero attached hydrogens (tertiary/aromatic N) is 1. The van der Waals surface area contributed by atoms with Crippen molar-refractivity contribution in [1.29, 1.82) is 0 Å². The Labute approximate surface area is 198 Å². The molecule has 0 rings (SSSR count). The SMILES string of the molecule is CC(=O)NCCCC[C@H](NC(=O)[C@H](CCCN=C(N)N)NC(=O)[C@H](C)NC(=O)[C@H](C)N)C(=O)O. The number of carboxylic acid groups (broad SMARTS) is 1. The molecule has 0 spiro atoms. The smallest absolute Gasteiger partial charge is 0.326 e. The van der Waals surface area contributed by atoms with Gasteiger partial charge in [-0.05, 0) is 46.0 Å². The Kier molecular flexibility index (Phi) is 14.6. The zero-order chi connectivity index (χ0) is 26.3. The van der Waals surface area contributed by atoms with Crippen molar-refractivity contribution < 1.29 is 29.1 Å². The van der Waals surface area contributed by atoms with Crippen molar-refractivity contribution in [2.24, 2.45) is 22.2 Å². The van der Waals surface area contributed by atoms with E-state index in [9.17, 15) is 29.1 Å². The average Bonchev–Trinajstić information content (AvgIpc) is 2.73. The number of carbonyl (C=O) groups excluding carboxylic acids is 4. The van der Waals surface area contributed by atoms with Gasteiger partial charge < -0.3 is 43.6 Å². The van der Waals surface area contributed by atoms with Crippen molar-refractivity contribution in [3.05, 3.63) is 0 Å². The molecule has 0 aliphatic heterocycles. The van der Waals surface area contributed by atoms with Crippen molar-refractivity contribution in [1.82, 2.24) is 21.3 Å². The standard InChI is InChI=1S/C20H38N8O6/c1-11(21)16(30)26-12(2)17(31)27-14(8-6-10-25-20(22)23)18(32)28-15(19(33)34)7-4-5-9-24-13(3)29/h11-12,14-15H,4-10,21H2,1-3H3,(H,24,29)(H,26,30)(H,27,31)(H,28,32)(H,33,34)(H4,22,23,25)/t11-,12-,14-,15-/m0/s1. The summed E-state index contributed by atoms with van der Waals surface area (Å²) < 4.78 is 0. The Morgan fingerprint density at radius 3 is 1.97 bits per heavy atom. The molecule has 194 valence electrons. The summed E-state index contributed by atoms with van der Waals surface area (Å²) in [5, 5.41) is 19.5. The van der Waals surface area contributed by atoms with E-state index in [2.05, 4.69) is 26.3 Å². The molecule has 0 saturated heterocycles. The van der Waals surface area contributed by atoms with Crippen molar-refractivity contribution in [3.8, 4) is 0 Å². The summed E-state index contributed by atoms with van der Waals surface area (Å²) in [6, 6.07) is -4.07. The van der Waals surface area contributed by atoms with E-state index in [1.54, 1.807) is 0 Å². The van der Waals surface area contributed by atoms with Crippen molar-refractivity contribution in [2.45, 2.75) is 77.0 Å². The Morgan fingerprint density at radius 1 is 0.853 bits per heavy atom. The lowest BCUT2D eigenvalue weighted by molar-refractivity contribution is -0.142. The maximum atomic E-state index is 12.8. The molecule has 0 fully saturated rings. The first-order valence-corrected chi connectivity index (χ1v) is 11.0. The van der Waals surface area contributed by atoms with E-state index in [-0.39, 0.29) is 31.3 Å². The third-order valence-corrected chi connectivity index (χ3v) is 4.65. The van der Waals surface area contributed by atoms with Crippen molar-refractivity contribution in [3.63, 3.8) is 0 Å². The lowest BCUT2D eigenvalue weighted by atomic mass is 10.1. The van der Waals surface area contributed by atoms with E-state index in [1.807, 2.05) is 0 Å². The second kappa shape index (κ2) is 16.2. The van der Waals surface area contributed by atoms with Gasteiger partial charge in [-0.2, -0.15) is 0 Å². The summed E-state index contributed by atoms with van der Waals surface area (Å²) in [5.41, 5.74) is 16.0. The monoisotopic (exact) mass is 486 g/mol. The maximum absolute atomic E-state index is 12.8. The van der Waals surface area contributed by atoms with Gasteiger partial charge in [-0.3, -0.25) is 24.2 Å². The molecular weight excluding hydrogens is 448 g/mol. The quantitative estimate of drug-likeness (QED) is 0.0639. The molecule has 0 aliphatic rings. The average molecular weight is 487 g/mol. The van der Waals surface area contributed by atoms with Gasteiger partial charge in [0.05, 0.1) is 6.04 Å². The molecule has 0 radical (unpaired) electrons. The molecule has 4 amide bonds. The number of nitrogens with one attached hydrogen (secondary N) is 4. The molecule has 0 unspecified atom stereocenters. The summed E-state index contributed by atoms with van der Waals surface area (Å²) in [5.74, 6) is -3.41. The topological polar surface area (TPSA) is 244 Å². The number of hydrogen-bond acceptors (Lipinski definition) is 7. The largest absolute Gasteiger partial charge is 0.480 e. The Balaban J connectivity index is 5.13. The third-order valence-electron chi connectivity index (χ3n) is 4.65. The highest BCUT2D eigenvalue weighted by Crippen LogP contribution is 2.05. The minimum atomic E-state index is -1.23. The van der Waals surface area contributed by atoms with Gasteiger partial charge in [0.2, 0.25) is 23.6 Å². The first kappa shape index (κ1) is 30.6. The van der Waals surface area contributed by atoms with Crippen LogP contribution in [0.2, 0.25) is 0 Å². The number of nitrogens with two attached hydrogens (primary N) is 3. The van der Waals surface area contributed by atoms with Crippen LogP contribution in [-0.4, -0.2) is 77.9 Å². The second-order valence-electron chi connectivity index (χ2n) is 7.91. The molecule has 0 aromatic rings. The fraction of sp³-hybridized carbons (Fsp3) is 0.700. The summed E-state index contributed by atoms with van der Waals surface area (Å²) in [6.07, 6.45) is 1.56. The number of carbonyl (C=O) groups is 5. The van der Waals surface area contributed by atoms with Crippen LogP contribution in [0.3, 0.4) is 0 Å². The lowest BCUT2D eigenvalue weighted by Gasteiger charge is -2.23. The first-order chi connectivity index (χ1) is 15.8. The third kappa shape index (κ3) is 13.9. The minimum Gasteiger partial charge on any atom is -0.480 e. The summed E-state index contributed by atoms with van der Waals surface area (Å²) in [6.45, 7) is 4.86. The molecule has 0 heterocycles. The predicted octanol–water partition coefficient (Wildman–Crippen LogP) is -2.75. The van der Waals surface area contributed by atoms with Gasteiger partial charge in [0.1, 0.15) is 18.1 Å². The van der Waals surface area contributed by atoms with Gasteiger partial charge in [0.25, 0.3) is 0 Å². The fourth-order valence-corrected chi connectivity index (χ4v) is 2.75. The number of amides is 4. The summed E-state index contributed by atoms with van der Waals surface area (Å²) in [7, 11) is 0. The Hall–Kier alpha value is -3.42. The highest BCUT2D eigenvalue weighted by Gasteiger charge is 2.28. The molecule has 0 bridgehead atoms. The molecule has 14 nitrogen and oxygen atoms in total. The number of unbranched alkanes of at least 4 members (excludes halogenated alkanes) is 1. The van der Waals surface area contributed by atoms with Crippen LogP contribution in [0.5, 0.6) is 0 Å². The van der Waals surface area contributed by atoms with Crippen LogP contribution < -0.4 is 38.5 Å². The van der Waals surface area contributed by atoms with E-state index in [0.717, 1.165) is 0 Å². The Morgan fingerprint density at radius 2 is 1.44 bits per heavy atom. The van der Waals surface area contributed by atoms with Crippen LogP contribution in [0, 0.1) is 0 Å². The van der Waals surface area contributed by atoms with Gasteiger partial charge in [-0.15, -0.1) is 0 Å². The molecule has 11 N–H and O–H groups in total. The number of aliphatic imine (C=N–C) groups is 1. The highest BCUT2D eigenvalue weighted by molar-refractivity contribution is 5.93. The van der Waals surface area contributed by atoms with Gasteiger partial charge in [0, 0.05) is 20.0 Å². The second-order valence-corrected chi connectivity index (χ2v) is 7.91. The summed E-state index contributed by atoms with van der Waals surface area (Å²) >= 11 is 0. The van der Waals surface area contributed by atoms with Crippen molar-refractivity contribution in [2.75, 3.05) is 13.1 Å². The highest BCUT2D eigenvalue weighted by atomic mass is 16.4. The van der Waals surface area contributed by atoms with Crippen LogP contribution >= 0.6 is 0 Å². The van der Waals surface area contributed by atoms with Crippen LogP contribution in [0.25, 0.3) is 0 Å². The first-order valence-electron chi connectivity index (χ1n) is 11.0. The molecule has 34 heavy (non-hydrogen) atoms. The number of hydrogen-bond donors (Lipinski definition) is 8.